The van der Waals surface area contributed by atoms with E-state index in [1.165, 1.54) is 10.9 Å². The van der Waals surface area contributed by atoms with Crippen LogP contribution in [0, 0.1) is 0 Å². The zero-order valence-electron chi connectivity index (χ0n) is 12.5. The Kier molecular flexibility index (Phi) is 4.86. The Morgan fingerprint density at radius 2 is 2.14 bits per heavy atom. The number of rotatable bonds is 6. The van der Waals surface area contributed by atoms with Crippen molar-refractivity contribution >= 4 is 5.95 Å². The molecule has 7 nitrogen and oxygen atoms in total. The van der Waals surface area contributed by atoms with Crippen LogP contribution in [0.25, 0.3) is 0 Å². The van der Waals surface area contributed by atoms with Gasteiger partial charge in [-0.2, -0.15) is 4.98 Å². The topological polar surface area (TPSA) is 73.1 Å². The van der Waals surface area contributed by atoms with Crippen molar-refractivity contribution in [3.05, 3.63) is 40.7 Å². The summed E-state index contributed by atoms with van der Waals surface area (Å²) in [4.78, 5) is 26.2. The quantitative estimate of drug-likeness (QED) is 0.788. The van der Waals surface area contributed by atoms with E-state index in [0.29, 0.717) is 25.0 Å². The molecule has 0 saturated carbocycles. The Hall–Kier alpha value is -2.44. The number of hydrogen-bond acceptors (Lipinski definition) is 6. The molecule has 2 aromatic heterocycles. The maximum Gasteiger partial charge on any atom is 0.352 e. The van der Waals surface area contributed by atoms with Crippen LogP contribution in [0.5, 0.6) is 5.88 Å². The molecule has 112 valence electrons. The molecule has 0 aliphatic rings. The van der Waals surface area contributed by atoms with Gasteiger partial charge >= 0.3 is 5.69 Å². The average molecular weight is 289 g/mol. The fraction of sp³-hybridized carbons (Fsp3) is 0.429. The third kappa shape index (κ3) is 3.56. The van der Waals surface area contributed by atoms with Gasteiger partial charge in [0.1, 0.15) is 6.33 Å². The average Bonchev–Trinajstić information content (AvgIpc) is 2.50. The minimum absolute atomic E-state index is 0.331. The molecule has 2 aromatic rings. The molecule has 0 aromatic carbocycles. The number of hydrogen-bond donors (Lipinski definition) is 0. The minimum Gasteiger partial charge on any atom is -0.478 e. The molecule has 7 heteroatoms. The molecule has 0 spiro atoms. The molecular formula is C14H19N5O2. The summed E-state index contributed by atoms with van der Waals surface area (Å²) in [6.07, 6.45) is 3.16. The van der Waals surface area contributed by atoms with Crippen LogP contribution in [0.1, 0.15) is 19.4 Å². The van der Waals surface area contributed by atoms with Gasteiger partial charge in [-0.3, -0.25) is 4.57 Å². The molecule has 0 bridgehead atoms. The highest BCUT2D eigenvalue weighted by Gasteiger charge is 2.09. The van der Waals surface area contributed by atoms with E-state index in [2.05, 4.69) is 15.0 Å². The zero-order chi connectivity index (χ0) is 15.2. The van der Waals surface area contributed by atoms with Crippen molar-refractivity contribution in [3.8, 4) is 5.88 Å². The van der Waals surface area contributed by atoms with Crippen molar-refractivity contribution in [1.29, 1.82) is 0 Å². The van der Waals surface area contributed by atoms with Gasteiger partial charge in [0.15, 0.2) is 0 Å². The van der Waals surface area contributed by atoms with Crippen LogP contribution >= 0.6 is 0 Å². The molecule has 0 radical (unpaired) electrons. The number of anilines is 1. The van der Waals surface area contributed by atoms with E-state index >= 15 is 0 Å². The summed E-state index contributed by atoms with van der Waals surface area (Å²) in [5.74, 6) is 0.955. The number of pyridine rings is 1. The second kappa shape index (κ2) is 6.83. The van der Waals surface area contributed by atoms with Gasteiger partial charge in [-0.05, 0) is 19.9 Å². The van der Waals surface area contributed by atoms with E-state index in [9.17, 15) is 4.79 Å². The highest BCUT2D eigenvalue weighted by atomic mass is 16.5. The largest absolute Gasteiger partial charge is 0.478 e. The van der Waals surface area contributed by atoms with Crippen LogP contribution in [-0.4, -0.2) is 39.7 Å². The Bertz CT molecular complexity index is 656. The van der Waals surface area contributed by atoms with Gasteiger partial charge in [-0.15, -0.1) is 0 Å². The molecule has 0 N–H and O–H groups in total. The van der Waals surface area contributed by atoms with Crippen LogP contribution in [0.4, 0.5) is 5.95 Å². The molecule has 2 rings (SSSR count). The summed E-state index contributed by atoms with van der Waals surface area (Å²) in [5, 5.41) is 0. The van der Waals surface area contributed by atoms with E-state index in [-0.39, 0.29) is 5.69 Å². The number of ether oxygens (including phenoxy) is 1. The SMILES string of the molecule is CCOc1ncccc1Cn1cnc(N(C)CC)nc1=O. The summed E-state index contributed by atoms with van der Waals surface area (Å²) in [5.41, 5.74) is 0.480. The van der Waals surface area contributed by atoms with Crippen molar-refractivity contribution in [2.75, 3.05) is 25.1 Å². The van der Waals surface area contributed by atoms with Crippen molar-refractivity contribution in [3.63, 3.8) is 0 Å². The predicted octanol–water partition coefficient (Wildman–Crippen LogP) is 0.936. The van der Waals surface area contributed by atoms with E-state index in [0.717, 1.165) is 12.1 Å². The molecule has 0 amide bonds. The summed E-state index contributed by atoms with van der Waals surface area (Å²) < 4.78 is 6.89. The second-order valence-electron chi connectivity index (χ2n) is 4.48. The summed E-state index contributed by atoms with van der Waals surface area (Å²) in [6.45, 7) is 5.45. The van der Waals surface area contributed by atoms with Crippen LogP contribution in [-0.2, 0) is 6.54 Å². The molecule has 21 heavy (non-hydrogen) atoms. The molecule has 0 aliphatic heterocycles. The number of aromatic nitrogens is 4. The van der Waals surface area contributed by atoms with Gasteiger partial charge < -0.3 is 9.64 Å². The Morgan fingerprint density at radius 1 is 1.33 bits per heavy atom. The van der Waals surface area contributed by atoms with Crippen molar-refractivity contribution < 1.29 is 4.74 Å². The van der Waals surface area contributed by atoms with Crippen LogP contribution in [0.2, 0.25) is 0 Å². The first-order valence-electron chi connectivity index (χ1n) is 6.87. The summed E-state index contributed by atoms with van der Waals surface area (Å²) in [7, 11) is 1.84. The molecule has 2 heterocycles. The number of nitrogens with zero attached hydrogens (tertiary/aromatic N) is 5. The molecule has 0 unspecified atom stereocenters. The lowest BCUT2D eigenvalue weighted by molar-refractivity contribution is 0.322. The lowest BCUT2D eigenvalue weighted by Gasteiger charge is -2.14. The lowest BCUT2D eigenvalue weighted by Crippen LogP contribution is -2.29. The van der Waals surface area contributed by atoms with E-state index in [1.807, 2.05) is 33.0 Å². The van der Waals surface area contributed by atoms with Crippen LogP contribution in [0.3, 0.4) is 0 Å². The van der Waals surface area contributed by atoms with E-state index in [1.54, 1.807) is 11.1 Å². The van der Waals surface area contributed by atoms with Crippen molar-refractivity contribution in [2.45, 2.75) is 20.4 Å². The molecule has 0 atom stereocenters. The zero-order valence-corrected chi connectivity index (χ0v) is 12.5. The fourth-order valence-corrected chi connectivity index (χ4v) is 1.78. The molecule has 0 saturated heterocycles. The summed E-state index contributed by atoms with van der Waals surface area (Å²) in [6, 6.07) is 3.68. The highest BCUT2D eigenvalue weighted by molar-refractivity contribution is 5.27. The first kappa shape index (κ1) is 15.0. The Labute approximate surface area is 123 Å². The van der Waals surface area contributed by atoms with Crippen LogP contribution in [0.15, 0.2) is 29.5 Å². The Balaban J connectivity index is 2.26. The summed E-state index contributed by atoms with van der Waals surface area (Å²) >= 11 is 0. The van der Waals surface area contributed by atoms with Crippen LogP contribution < -0.4 is 15.3 Å². The van der Waals surface area contributed by atoms with E-state index in [4.69, 9.17) is 4.74 Å². The van der Waals surface area contributed by atoms with Gasteiger partial charge in [0.2, 0.25) is 11.8 Å². The first-order chi connectivity index (χ1) is 10.2. The van der Waals surface area contributed by atoms with Crippen molar-refractivity contribution in [2.24, 2.45) is 0 Å². The van der Waals surface area contributed by atoms with Gasteiger partial charge in [0, 0.05) is 25.4 Å². The monoisotopic (exact) mass is 289 g/mol. The van der Waals surface area contributed by atoms with Gasteiger partial charge in [0.05, 0.1) is 13.2 Å². The van der Waals surface area contributed by atoms with E-state index < -0.39 is 0 Å². The molecule has 0 fully saturated rings. The molecular weight excluding hydrogens is 270 g/mol. The van der Waals surface area contributed by atoms with Gasteiger partial charge in [0.25, 0.3) is 0 Å². The third-order valence-electron chi connectivity index (χ3n) is 3.04. The minimum atomic E-state index is -0.341. The molecule has 0 aliphatic carbocycles. The standard InChI is InChI=1S/C14H19N5O2/c1-4-18(3)13-16-10-19(14(20)17-13)9-11-7-6-8-15-12(11)21-5-2/h6-8,10H,4-5,9H2,1-3H3. The Morgan fingerprint density at radius 3 is 2.81 bits per heavy atom. The smallest absolute Gasteiger partial charge is 0.352 e. The predicted molar refractivity (Wildman–Crippen MR) is 79.7 cm³/mol. The highest BCUT2D eigenvalue weighted by Crippen LogP contribution is 2.14. The maximum absolute atomic E-state index is 12.1. The maximum atomic E-state index is 12.1. The van der Waals surface area contributed by atoms with Gasteiger partial charge in [-0.25, -0.2) is 14.8 Å². The third-order valence-corrected chi connectivity index (χ3v) is 3.04. The van der Waals surface area contributed by atoms with Gasteiger partial charge in [-0.1, -0.05) is 6.07 Å². The first-order valence-corrected chi connectivity index (χ1v) is 6.87. The fourth-order valence-electron chi connectivity index (χ4n) is 1.78. The second-order valence-corrected chi connectivity index (χ2v) is 4.48. The lowest BCUT2D eigenvalue weighted by atomic mass is 10.2. The normalized spacial score (nSPS) is 10.4. The van der Waals surface area contributed by atoms with Crippen molar-refractivity contribution in [1.82, 2.24) is 19.5 Å².